The van der Waals surface area contributed by atoms with Crippen LogP contribution in [0.5, 0.6) is 11.5 Å². The minimum Gasteiger partial charge on any atom is -0.495 e. The molecular weight excluding hydrogens is 303 g/mol. The zero-order chi connectivity index (χ0) is 13.2. The zero-order valence-corrected chi connectivity index (χ0v) is 13.1. The number of rotatable bonds is 3. The minimum atomic E-state index is -0.125. The molecule has 1 aromatic rings. The van der Waals surface area contributed by atoms with E-state index in [0.717, 1.165) is 21.5 Å². The lowest BCUT2D eigenvalue weighted by atomic mass is 9.87. The molecule has 0 spiro atoms. The van der Waals surface area contributed by atoms with Gasteiger partial charge in [0, 0.05) is 5.56 Å². The molecule has 0 amide bonds. The van der Waals surface area contributed by atoms with E-state index in [0.29, 0.717) is 0 Å². The van der Waals surface area contributed by atoms with Crippen LogP contribution in [-0.4, -0.2) is 14.2 Å². The third-order valence-corrected chi connectivity index (χ3v) is 4.19. The van der Waals surface area contributed by atoms with E-state index in [1.54, 1.807) is 14.2 Å². The van der Waals surface area contributed by atoms with Crippen molar-refractivity contribution >= 4 is 27.5 Å². The summed E-state index contributed by atoms with van der Waals surface area (Å²) in [7, 11) is 3.26. The van der Waals surface area contributed by atoms with Crippen molar-refractivity contribution in [3.05, 3.63) is 22.2 Å². The molecule has 0 fully saturated rings. The second-order valence-corrected chi connectivity index (χ2v) is 6.16. The number of ether oxygens (including phenoxy) is 2. The van der Waals surface area contributed by atoms with Gasteiger partial charge < -0.3 is 9.47 Å². The van der Waals surface area contributed by atoms with Crippen molar-refractivity contribution < 1.29 is 9.47 Å². The highest BCUT2D eigenvalue weighted by Gasteiger charge is 2.28. The molecule has 0 saturated carbocycles. The Balaban J connectivity index is 3.31. The van der Waals surface area contributed by atoms with E-state index >= 15 is 0 Å². The van der Waals surface area contributed by atoms with Gasteiger partial charge in [-0.1, -0.05) is 26.8 Å². The van der Waals surface area contributed by atoms with E-state index < -0.39 is 0 Å². The maximum atomic E-state index is 6.49. The fraction of sp³-hybridized carbons (Fsp3) is 0.538. The average molecular weight is 322 g/mol. The number of hydrogen-bond donors (Lipinski definition) is 0. The third kappa shape index (κ3) is 3.08. The fourth-order valence-electron chi connectivity index (χ4n) is 1.58. The Kier molecular flexibility index (Phi) is 4.73. The fourth-order valence-corrected chi connectivity index (χ4v) is 2.44. The molecule has 2 nitrogen and oxygen atoms in total. The van der Waals surface area contributed by atoms with Crippen LogP contribution in [0.1, 0.15) is 31.7 Å². The van der Waals surface area contributed by atoms with Crippen LogP contribution in [0.15, 0.2) is 16.6 Å². The monoisotopic (exact) mass is 320 g/mol. The Bertz CT molecular complexity index is 399. The van der Waals surface area contributed by atoms with Crippen LogP contribution >= 0.6 is 27.5 Å². The second kappa shape index (κ2) is 5.49. The molecule has 1 atom stereocenters. The van der Waals surface area contributed by atoms with Gasteiger partial charge in [0.1, 0.15) is 16.0 Å². The van der Waals surface area contributed by atoms with Gasteiger partial charge in [-0.2, -0.15) is 0 Å². The lowest BCUT2D eigenvalue weighted by Gasteiger charge is -2.27. The summed E-state index contributed by atoms with van der Waals surface area (Å²) in [5.41, 5.74) is 0.928. The summed E-state index contributed by atoms with van der Waals surface area (Å²) in [6, 6.07) is 3.84. The van der Waals surface area contributed by atoms with Gasteiger partial charge in [0.25, 0.3) is 0 Å². The van der Waals surface area contributed by atoms with Gasteiger partial charge in [0.2, 0.25) is 0 Å². The number of alkyl halides is 1. The van der Waals surface area contributed by atoms with E-state index in [1.165, 1.54) is 0 Å². The van der Waals surface area contributed by atoms with E-state index in [2.05, 4.69) is 36.7 Å². The number of hydrogen-bond acceptors (Lipinski definition) is 2. The standard InChI is InChI=1S/C13H18BrClO2/c1-13(2,3)12(15)8-6-7-9(16-4)10(14)11(8)17-5/h6-7,12H,1-5H3. The predicted molar refractivity (Wildman–Crippen MR) is 75.3 cm³/mol. The van der Waals surface area contributed by atoms with Crippen LogP contribution in [-0.2, 0) is 0 Å². The van der Waals surface area contributed by atoms with Gasteiger partial charge in [-0.3, -0.25) is 0 Å². The largest absolute Gasteiger partial charge is 0.495 e. The van der Waals surface area contributed by atoms with Gasteiger partial charge in [-0.15, -0.1) is 11.6 Å². The first-order valence-electron chi connectivity index (χ1n) is 5.37. The molecule has 1 rings (SSSR count). The molecule has 0 N–H and O–H groups in total. The SMILES string of the molecule is COc1ccc(C(Cl)C(C)(C)C)c(OC)c1Br. The molecular formula is C13H18BrClO2. The zero-order valence-electron chi connectivity index (χ0n) is 10.8. The molecule has 0 aromatic heterocycles. The summed E-state index contributed by atoms with van der Waals surface area (Å²) in [5.74, 6) is 1.47. The molecule has 17 heavy (non-hydrogen) atoms. The Labute approximate surface area is 116 Å². The molecule has 0 aliphatic rings. The van der Waals surface area contributed by atoms with Crippen LogP contribution in [0.3, 0.4) is 0 Å². The normalized spacial score (nSPS) is 13.4. The summed E-state index contributed by atoms with van der Waals surface area (Å²) in [6.07, 6.45) is 0. The summed E-state index contributed by atoms with van der Waals surface area (Å²) in [5, 5.41) is -0.125. The lowest BCUT2D eigenvalue weighted by molar-refractivity contribution is 0.361. The summed E-state index contributed by atoms with van der Waals surface area (Å²) in [4.78, 5) is 0. The number of methoxy groups -OCH3 is 2. The van der Waals surface area contributed by atoms with Crippen LogP contribution in [0.4, 0.5) is 0 Å². The van der Waals surface area contributed by atoms with Crippen molar-refractivity contribution in [2.75, 3.05) is 14.2 Å². The van der Waals surface area contributed by atoms with E-state index in [4.69, 9.17) is 21.1 Å². The van der Waals surface area contributed by atoms with Crippen molar-refractivity contribution in [3.8, 4) is 11.5 Å². The van der Waals surface area contributed by atoms with Gasteiger partial charge >= 0.3 is 0 Å². The lowest BCUT2D eigenvalue weighted by Crippen LogP contribution is -2.14. The molecule has 0 heterocycles. The Hall–Kier alpha value is -0.410. The van der Waals surface area contributed by atoms with Crippen LogP contribution in [0, 0.1) is 5.41 Å². The quantitative estimate of drug-likeness (QED) is 0.745. The Morgan fingerprint density at radius 1 is 1.18 bits per heavy atom. The molecule has 96 valence electrons. The van der Waals surface area contributed by atoms with Crippen LogP contribution in [0.2, 0.25) is 0 Å². The van der Waals surface area contributed by atoms with Crippen molar-refractivity contribution in [3.63, 3.8) is 0 Å². The van der Waals surface area contributed by atoms with E-state index in [1.807, 2.05) is 12.1 Å². The molecule has 0 radical (unpaired) electrons. The second-order valence-electron chi connectivity index (χ2n) is 4.93. The minimum absolute atomic E-state index is 0.0388. The van der Waals surface area contributed by atoms with Crippen molar-refractivity contribution in [1.82, 2.24) is 0 Å². The summed E-state index contributed by atoms with van der Waals surface area (Å²) in [6.45, 7) is 6.30. The van der Waals surface area contributed by atoms with Crippen molar-refractivity contribution in [2.45, 2.75) is 26.1 Å². The maximum absolute atomic E-state index is 6.49. The van der Waals surface area contributed by atoms with Gasteiger partial charge in [0.05, 0.1) is 19.6 Å². The van der Waals surface area contributed by atoms with E-state index in [9.17, 15) is 0 Å². The first kappa shape index (κ1) is 14.7. The smallest absolute Gasteiger partial charge is 0.141 e. The maximum Gasteiger partial charge on any atom is 0.141 e. The molecule has 0 bridgehead atoms. The predicted octanol–water partition coefficient (Wildman–Crippen LogP) is 4.79. The third-order valence-electron chi connectivity index (χ3n) is 2.55. The van der Waals surface area contributed by atoms with Crippen LogP contribution in [0.25, 0.3) is 0 Å². The highest BCUT2D eigenvalue weighted by Crippen LogP contribution is 2.47. The van der Waals surface area contributed by atoms with E-state index in [-0.39, 0.29) is 10.8 Å². The topological polar surface area (TPSA) is 18.5 Å². The molecule has 4 heteroatoms. The number of benzene rings is 1. The molecule has 0 saturated heterocycles. The summed E-state index contributed by atoms with van der Waals surface area (Å²) >= 11 is 9.97. The van der Waals surface area contributed by atoms with Crippen LogP contribution < -0.4 is 9.47 Å². The first-order valence-corrected chi connectivity index (χ1v) is 6.60. The molecule has 1 unspecified atom stereocenters. The Morgan fingerprint density at radius 2 is 1.76 bits per heavy atom. The van der Waals surface area contributed by atoms with Crippen molar-refractivity contribution in [1.29, 1.82) is 0 Å². The highest BCUT2D eigenvalue weighted by atomic mass is 79.9. The Morgan fingerprint density at radius 3 is 2.18 bits per heavy atom. The molecule has 1 aromatic carbocycles. The van der Waals surface area contributed by atoms with Gasteiger partial charge in [-0.25, -0.2) is 0 Å². The summed E-state index contributed by atoms with van der Waals surface area (Å²) < 4.78 is 11.5. The highest BCUT2D eigenvalue weighted by molar-refractivity contribution is 9.10. The van der Waals surface area contributed by atoms with Gasteiger partial charge in [-0.05, 0) is 27.4 Å². The molecule has 0 aliphatic carbocycles. The number of halogens is 2. The van der Waals surface area contributed by atoms with Crippen molar-refractivity contribution in [2.24, 2.45) is 5.41 Å². The first-order chi connectivity index (χ1) is 7.82. The molecule has 0 aliphatic heterocycles. The average Bonchev–Trinajstić information content (AvgIpc) is 2.26. The van der Waals surface area contributed by atoms with Gasteiger partial charge in [0.15, 0.2) is 0 Å².